The standard InChI is InChI=1S/C16H12F3N3O2/c1-9-21-15(22-24-9)13-6-5-11(20)8-14(13)23-12-4-2-3-10(7-12)16(17,18)19/h2-8H,20H2,1H3. The molecule has 0 atom stereocenters. The van der Waals surface area contributed by atoms with Crippen LogP contribution >= 0.6 is 0 Å². The Balaban J connectivity index is 2.00. The number of aryl methyl sites for hydroxylation is 1. The fourth-order valence-corrected chi connectivity index (χ4v) is 2.08. The summed E-state index contributed by atoms with van der Waals surface area (Å²) in [5.41, 5.74) is 5.78. The Morgan fingerprint density at radius 2 is 1.92 bits per heavy atom. The number of benzene rings is 2. The second-order valence-electron chi connectivity index (χ2n) is 5.02. The van der Waals surface area contributed by atoms with Crippen molar-refractivity contribution in [1.82, 2.24) is 10.1 Å². The Labute approximate surface area is 134 Å². The number of alkyl halides is 3. The van der Waals surface area contributed by atoms with Crippen LogP contribution in [-0.2, 0) is 6.18 Å². The van der Waals surface area contributed by atoms with Crippen molar-refractivity contribution in [3.8, 4) is 22.9 Å². The van der Waals surface area contributed by atoms with Crippen molar-refractivity contribution < 1.29 is 22.4 Å². The molecule has 8 heteroatoms. The molecule has 0 unspecified atom stereocenters. The molecule has 0 saturated carbocycles. The minimum absolute atomic E-state index is 0.0249. The van der Waals surface area contributed by atoms with Crippen LogP contribution < -0.4 is 10.5 Å². The molecular weight excluding hydrogens is 323 g/mol. The third kappa shape index (κ3) is 3.32. The number of hydrogen-bond acceptors (Lipinski definition) is 5. The average Bonchev–Trinajstić information content (AvgIpc) is 2.93. The molecule has 0 radical (unpaired) electrons. The van der Waals surface area contributed by atoms with Crippen LogP contribution in [0.15, 0.2) is 47.0 Å². The van der Waals surface area contributed by atoms with E-state index in [9.17, 15) is 13.2 Å². The van der Waals surface area contributed by atoms with Crippen molar-refractivity contribution in [2.45, 2.75) is 13.1 Å². The predicted octanol–water partition coefficient (Wildman–Crippen LogP) is 4.44. The maximum absolute atomic E-state index is 12.8. The van der Waals surface area contributed by atoms with E-state index in [1.54, 1.807) is 19.1 Å². The molecule has 124 valence electrons. The van der Waals surface area contributed by atoms with Gasteiger partial charge in [-0.2, -0.15) is 18.2 Å². The van der Waals surface area contributed by atoms with E-state index >= 15 is 0 Å². The fraction of sp³-hybridized carbons (Fsp3) is 0.125. The maximum Gasteiger partial charge on any atom is 0.416 e. The summed E-state index contributed by atoms with van der Waals surface area (Å²) in [5, 5.41) is 3.79. The number of hydrogen-bond donors (Lipinski definition) is 1. The lowest BCUT2D eigenvalue weighted by Crippen LogP contribution is -2.04. The number of nitrogen functional groups attached to an aromatic ring is 1. The minimum atomic E-state index is -4.46. The van der Waals surface area contributed by atoms with Crippen LogP contribution in [0.3, 0.4) is 0 Å². The zero-order chi connectivity index (χ0) is 17.3. The van der Waals surface area contributed by atoms with E-state index in [4.69, 9.17) is 15.0 Å². The third-order valence-corrected chi connectivity index (χ3v) is 3.16. The van der Waals surface area contributed by atoms with Crippen LogP contribution in [0.1, 0.15) is 11.5 Å². The van der Waals surface area contributed by atoms with Gasteiger partial charge in [0.1, 0.15) is 11.5 Å². The molecule has 1 aromatic heterocycles. The summed E-state index contributed by atoms with van der Waals surface area (Å²) < 4.78 is 48.9. The van der Waals surface area contributed by atoms with Crippen molar-refractivity contribution in [3.05, 3.63) is 53.9 Å². The summed E-state index contributed by atoms with van der Waals surface area (Å²) in [5.74, 6) is 0.869. The normalized spacial score (nSPS) is 11.5. The lowest BCUT2D eigenvalue weighted by molar-refractivity contribution is -0.137. The molecule has 3 rings (SSSR count). The smallest absolute Gasteiger partial charge is 0.416 e. The number of anilines is 1. The minimum Gasteiger partial charge on any atom is -0.457 e. The highest BCUT2D eigenvalue weighted by Crippen LogP contribution is 2.36. The molecule has 0 aliphatic rings. The molecule has 0 saturated heterocycles. The van der Waals surface area contributed by atoms with E-state index < -0.39 is 11.7 Å². The van der Waals surface area contributed by atoms with Crippen LogP contribution in [0.5, 0.6) is 11.5 Å². The van der Waals surface area contributed by atoms with Crippen molar-refractivity contribution in [1.29, 1.82) is 0 Å². The van der Waals surface area contributed by atoms with Crippen molar-refractivity contribution in [2.24, 2.45) is 0 Å². The number of aromatic nitrogens is 2. The van der Waals surface area contributed by atoms with Gasteiger partial charge in [-0.3, -0.25) is 0 Å². The second-order valence-corrected chi connectivity index (χ2v) is 5.02. The van der Waals surface area contributed by atoms with Gasteiger partial charge in [-0.25, -0.2) is 0 Å². The molecule has 2 N–H and O–H groups in total. The second kappa shape index (κ2) is 5.88. The lowest BCUT2D eigenvalue weighted by atomic mass is 10.1. The van der Waals surface area contributed by atoms with Crippen molar-refractivity contribution in [2.75, 3.05) is 5.73 Å². The predicted molar refractivity (Wildman–Crippen MR) is 80.4 cm³/mol. The quantitative estimate of drug-likeness (QED) is 0.716. The summed E-state index contributed by atoms with van der Waals surface area (Å²) >= 11 is 0. The first kappa shape index (κ1) is 15.9. The van der Waals surface area contributed by atoms with E-state index in [2.05, 4.69) is 10.1 Å². The Hall–Kier alpha value is -3.03. The third-order valence-electron chi connectivity index (χ3n) is 3.16. The van der Waals surface area contributed by atoms with Gasteiger partial charge in [0.05, 0.1) is 11.1 Å². The first-order valence-electron chi connectivity index (χ1n) is 6.88. The summed E-state index contributed by atoms with van der Waals surface area (Å²) in [6.45, 7) is 1.63. The van der Waals surface area contributed by atoms with Gasteiger partial charge in [-0.15, -0.1) is 0 Å². The van der Waals surface area contributed by atoms with Gasteiger partial charge in [0.2, 0.25) is 11.7 Å². The van der Waals surface area contributed by atoms with Gasteiger partial charge < -0.3 is 15.0 Å². The molecular formula is C16H12F3N3O2. The van der Waals surface area contributed by atoms with E-state index in [1.165, 1.54) is 18.2 Å². The highest BCUT2D eigenvalue weighted by atomic mass is 19.4. The molecule has 0 amide bonds. The number of nitrogens with two attached hydrogens (primary N) is 1. The molecule has 3 aromatic rings. The van der Waals surface area contributed by atoms with Gasteiger partial charge in [0, 0.05) is 18.7 Å². The van der Waals surface area contributed by atoms with E-state index in [0.717, 1.165) is 12.1 Å². The number of ether oxygens (including phenoxy) is 1. The van der Waals surface area contributed by atoms with Gasteiger partial charge in [-0.05, 0) is 30.3 Å². The molecule has 2 aromatic carbocycles. The molecule has 0 bridgehead atoms. The molecule has 0 aliphatic heterocycles. The van der Waals surface area contributed by atoms with Crippen molar-refractivity contribution >= 4 is 5.69 Å². The van der Waals surface area contributed by atoms with Crippen LogP contribution in [0.4, 0.5) is 18.9 Å². The van der Waals surface area contributed by atoms with Crippen LogP contribution in [0.2, 0.25) is 0 Å². The zero-order valence-electron chi connectivity index (χ0n) is 12.5. The number of rotatable bonds is 3. The molecule has 0 aliphatic carbocycles. The highest BCUT2D eigenvalue weighted by molar-refractivity contribution is 5.68. The van der Waals surface area contributed by atoms with E-state index in [1.807, 2.05) is 0 Å². The number of nitrogens with zero attached hydrogens (tertiary/aromatic N) is 2. The van der Waals surface area contributed by atoms with Gasteiger partial charge >= 0.3 is 6.18 Å². The molecule has 0 spiro atoms. The molecule has 0 fully saturated rings. The van der Waals surface area contributed by atoms with Gasteiger partial charge in [0.15, 0.2) is 0 Å². The number of halogens is 3. The summed E-state index contributed by atoms with van der Waals surface area (Å²) in [6.07, 6.45) is -4.46. The van der Waals surface area contributed by atoms with Crippen LogP contribution in [-0.4, -0.2) is 10.1 Å². The van der Waals surface area contributed by atoms with E-state index in [0.29, 0.717) is 17.1 Å². The van der Waals surface area contributed by atoms with Gasteiger partial charge in [-0.1, -0.05) is 11.2 Å². The summed E-state index contributed by atoms with van der Waals surface area (Å²) in [4.78, 5) is 4.09. The topological polar surface area (TPSA) is 74.2 Å². The molecule has 24 heavy (non-hydrogen) atoms. The molecule has 1 heterocycles. The zero-order valence-corrected chi connectivity index (χ0v) is 12.5. The Bertz CT molecular complexity index is 875. The fourth-order valence-electron chi connectivity index (χ4n) is 2.08. The largest absolute Gasteiger partial charge is 0.457 e. The summed E-state index contributed by atoms with van der Waals surface area (Å²) in [6, 6.07) is 9.28. The Morgan fingerprint density at radius 3 is 2.58 bits per heavy atom. The van der Waals surface area contributed by atoms with Crippen LogP contribution in [0, 0.1) is 6.92 Å². The monoisotopic (exact) mass is 335 g/mol. The lowest BCUT2D eigenvalue weighted by Gasteiger charge is -2.12. The van der Waals surface area contributed by atoms with E-state index in [-0.39, 0.29) is 17.3 Å². The van der Waals surface area contributed by atoms with Crippen molar-refractivity contribution in [3.63, 3.8) is 0 Å². The first-order valence-corrected chi connectivity index (χ1v) is 6.88. The van der Waals surface area contributed by atoms with Gasteiger partial charge in [0.25, 0.3) is 0 Å². The summed E-state index contributed by atoms with van der Waals surface area (Å²) in [7, 11) is 0. The SMILES string of the molecule is Cc1nc(-c2ccc(N)cc2Oc2cccc(C(F)(F)F)c2)no1. The average molecular weight is 335 g/mol. The van der Waals surface area contributed by atoms with Crippen LogP contribution in [0.25, 0.3) is 11.4 Å². The Morgan fingerprint density at radius 1 is 1.12 bits per heavy atom. The molecule has 5 nitrogen and oxygen atoms in total. The first-order chi connectivity index (χ1) is 11.3. The highest BCUT2D eigenvalue weighted by Gasteiger charge is 2.30. The maximum atomic E-state index is 12.8. The Kier molecular flexibility index (Phi) is 3.88.